The first kappa shape index (κ1) is 53.7. The van der Waals surface area contributed by atoms with Gasteiger partial charge in [0, 0.05) is 48.7 Å². The number of likely N-dealkylation sites (tertiary alicyclic amines) is 1. The quantitative estimate of drug-likeness (QED) is 0.0719. The summed E-state index contributed by atoms with van der Waals surface area (Å²) in [5.41, 5.74) is 4.70. The summed E-state index contributed by atoms with van der Waals surface area (Å²) in [7, 11) is 4.51. The van der Waals surface area contributed by atoms with Gasteiger partial charge in [-0.2, -0.15) is 0 Å². The second-order valence-corrected chi connectivity index (χ2v) is 21.0. The second-order valence-electron chi connectivity index (χ2n) is 19.9. The zero-order valence-electron chi connectivity index (χ0n) is 43.7. The summed E-state index contributed by atoms with van der Waals surface area (Å²) in [4.78, 5) is 71.2. The van der Waals surface area contributed by atoms with E-state index in [2.05, 4.69) is 71.9 Å². The standard InChI is InChI=1S/C46H50FN9O6S.C7H14O.C2H6O/c1-5-14-54(44(59)42(25(2)3)53-46(60)61-4)23-39-49-20-32(51-39)28-17-30(47)41-35-18-29-16-27(31-21-50-43(52-31)34-7-6-15-55(34)40(58)22-48-24-57)10-11-33(29)56(35)45(62-36(41)19-28)38-13-12-37(63-38)26-8-9-26;1-6-4-3-5-7(2)8-6;1-3-2/h10-13,16-21,24-26,34,42,45H,5-9,14-15,22-23H2,1-4H3,(H,48,57)(H,49,51)(H,50,52)(H,53,60);6-7H,3-5H2,1-2H3;1-2H3. The van der Waals surface area contributed by atoms with E-state index in [0.29, 0.717) is 84.0 Å². The normalized spacial score (nSPS) is 19.2. The molecule has 10 rings (SSSR count). The molecule has 5 unspecified atom stereocenters. The molecule has 74 heavy (non-hydrogen) atoms. The minimum Gasteiger partial charge on any atom is -0.464 e. The van der Waals surface area contributed by atoms with E-state index in [4.69, 9.17) is 14.2 Å². The molecule has 0 radical (unpaired) electrons. The molecule has 4 amide bonds. The number of H-pyrrole nitrogens is 2. The van der Waals surface area contributed by atoms with Crippen LogP contribution in [-0.2, 0) is 35.1 Å². The summed E-state index contributed by atoms with van der Waals surface area (Å²) < 4.78 is 40.2. The average Bonchev–Trinajstić information content (AvgIpc) is 3.97. The number of carbonyl (C=O) groups is 4. The number of fused-ring (bicyclic) bond motifs is 5. The lowest BCUT2D eigenvalue weighted by Crippen LogP contribution is -2.51. The number of halogens is 1. The molecule has 4 aromatic heterocycles. The molecule has 1 saturated carbocycles. The molecule has 0 bridgehead atoms. The number of carbonyl (C=O) groups excluding carboxylic acids is 4. The van der Waals surface area contributed by atoms with Crippen molar-refractivity contribution in [3.05, 3.63) is 88.1 Å². The maximum Gasteiger partial charge on any atom is 0.407 e. The van der Waals surface area contributed by atoms with E-state index < -0.39 is 24.2 Å². The zero-order valence-corrected chi connectivity index (χ0v) is 44.5. The molecule has 3 aliphatic heterocycles. The minimum atomic E-state index is -0.784. The van der Waals surface area contributed by atoms with Gasteiger partial charge in [0.25, 0.3) is 0 Å². The number of nitrogens with one attached hydrogen (secondary N) is 4. The number of thiophene rings is 1. The summed E-state index contributed by atoms with van der Waals surface area (Å²) in [5.74, 6) is 1.11. The van der Waals surface area contributed by atoms with Crippen LogP contribution in [0.5, 0.6) is 5.75 Å². The molecule has 5 atom stereocenters. The predicted molar refractivity (Wildman–Crippen MR) is 282 cm³/mol. The lowest BCUT2D eigenvalue weighted by molar-refractivity contribution is -0.135. The van der Waals surface area contributed by atoms with Crippen LogP contribution in [0.2, 0.25) is 0 Å². The van der Waals surface area contributed by atoms with Crippen LogP contribution in [0.15, 0.2) is 60.9 Å². The summed E-state index contributed by atoms with van der Waals surface area (Å²) in [6, 6.07) is 14.7. The number of methoxy groups -OCH3 is 2. The molecule has 0 spiro atoms. The number of benzene rings is 2. The van der Waals surface area contributed by atoms with E-state index in [0.717, 1.165) is 39.9 Å². The molecule has 3 fully saturated rings. The summed E-state index contributed by atoms with van der Waals surface area (Å²) in [6.07, 6.45) is 12.2. The van der Waals surface area contributed by atoms with Crippen LogP contribution in [0.1, 0.15) is 126 Å². The van der Waals surface area contributed by atoms with Crippen LogP contribution >= 0.6 is 11.3 Å². The topological polar surface area (TPSA) is 198 Å². The van der Waals surface area contributed by atoms with Crippen molar-refractivity contribution in [2.45, 2.75) is 129 Å². The van der Waals surface area contributed by atoms with Crippen molar-refractivity contribution in [1.82, 2.24) is 44.9 Å². The van der Waals surface area contributed by atoms with Crippen molar-refractivity contribution in [3.63, 3.8) is 0 Å². The number of hydrogen-bond acceptors (Lipinski definition) is 11. The van der Waals surface area contributed by atoms with Crippen molar-refractivity contribution in [2.75, 3.05) is 41.0 Å². The number of alkyl carbamates (subject to hydrolysis) is 1. The van der Waals surface area contributed by atoms with E-state index >= 15 is 4.39 Å². The van der Waals surface area contributed by atoms with Crippen molar-refractivity contribution >= 4 is 46.6 Å². The Balaban J connectivity index is 0.000000594. The highest BCUT2D eigenvalue weighted by Gasteiger charge is 2.36. The van der Waals surface area contributed by atoms with E-state index in [-0.39, 0.29) is 36.9 Å². The Morgan fingerprint density at radius 1 is 0.932 bits per heavy atom. The number of hydrogen-bond donors (Lipinski definition) is 4. The largest absolute Gasteiger partial charge is 0.464 e. The van der Waals surface area contributed by atoms with Crippen molar-refractivity contribution in [2.24, 2.45) is 5.92 Å². The van der Waals surface area contributed by atoms with Crippen molar-refractivity contribution < 1.29 is 42.5 Å². The fourth-order valence-electron chi connectivity index (χ4n) is 10.0. The maximum atomic E-state index is 16.8. The Morgan fingerprint density at radius 3 is 2.34 bits per heavy atom. The zero-order chi connectivity index (χ0) is 52.6. The number of aromatic amines is 2. The van der Waals surface area contributed by atoms with E-state index in [9.17, 15) is 19.2 Å². The van der Waals surface area contributed by atoms with Crippen LogP contribution in [0.4, 0.5) is 9.18 Å². The van der Waals surface area contributed by atoms with E-state index in [1.165, 1.54) is 50.2 Å². The van der Waals surface area contributed by atoms with Gasteiger partial charge < -0.3 is 49.3 Å². The Hall–Kier alpha value is -6.57. The average molecular weight is 1040 g/mol. The Morgan fingerprint density at radius 2 is 1.66 bits per heavy atom. The molecule has 17 nitrogen and oxygen atoms in total. The molecule has 7 heterocycles. The van der Waals surface area contributed by atoms with Crippen LogP contribution in [0.25, 0.3) is 44.7 Å². The van der Waals surface area contributed by atoms with Gasteiger partial charge in [0.05, 0.1) is 83.9 Å². The third-order valence-electron chi connectivity index (χ3n) is 13.8. The molecule has 396 valence electrons. The Bertz CT molecular complexity index is 2900. The molecule has 6 aromatic rings. The first-order valence-electron chi connectivity index (χ1n) is 25.8. The molecular formula is C55H70FN9O8S. The number of amides is 4. The summed E-state index contributed by atoms with van der Waals surface area (Å²) in [6.45, 7) is 11.1. The highest BCUT2D eigenvalue weighted by atomic mass is 32.1. The van der Waals surface area contributed by atoms with Crippen LogP contribution < -0.4 is 15.4 Å². The van der Waals surface area contributed by atoms with Gasteiger partial charge in [-0.3, -0.25) is 19.0 Å². The van der Waals surface area contributed by atoms with Gasteiger partial charge in [-0.25, -0.2) is 19.2 Å². The highest BCUT2D eigenvalue weighted by Crippen LogP contribution is 2.50. The number of nitrogens with zero attached hydrogens (tertiary/aromatic N) is 5. The molecule has 4 N–H and O–H groups in total. The van der Waals surface area contributed by atoms with Gasteiger partial charge in [-0.15, -0.1) is 11.3 Å². The monoisotopic (exact) mass is 1040 g/mol. The SMILES string of the molecule is CC1CCCC(C)O1.CCCN(Cc1ncc(-c2cc(F)c3c(c2)OC(c2ccc(C4CC4)s2)n2c-3cc3cc(-c4cnc(C5CCCN5C(=O)CNC=O)[nH]4)ccc32)[nH]1)C(=O)C(NC(=O)OC)C(C)C.COC. The number of ether oxygens (including phenoxy) is 4. The number of imidazole rings is 2. The third kappa shape index (κ3) is 12.2. The van der Waals surface area contributed by atoms with Gasteiger partial charge in [0.15, 0.2) is 0 Å². The molecule has 1 aliphatic carbocycles. The summed E-state index contributed by atoms with van der Waals surface area (Å²) in [5, 5.41) is 6.03. The minimum absolute atomic E-state index is 0.0585. The van der Waals surface area contributed by atoms with Crippen molar-refractivity contribution in [1.29, 1.82) is 0 Å². The molecule has 2 saturated heterocycles. The molecule has 19 heteroatoms. The van der Waals surface area contributed by atoms with Gasteiger partial charge in [0.1, 0.15) is 29.3 Å². The lowest BCUT2D eigenvalue weighted by atomic mass is 10.0. The third-order valence-corrected chi connectivity index (χ3v) is 15.1. The maximum absolute atomic E-state index is 16.8. The fraction of sp³-hybridized carbons (Fsp3) is 0.491. The Kier molecular flexibility index (Phi) is 17.6. The molecule has 2 aromatic carbocycles. The highest BCUT2D eigenvalue weighted by molar-refractivity contribution is 7.12. The smallest absolute Gasteiger partial charge is 0.407 e. The van der Waals surface area contributed by atoms with Crippen molar-refractivity contribution in [3.8, 4) is 39.5 Å². The van der Waals surface area contributed by atoms with E-state index in [1.54, 1.807) is 47.7 Å². The predicted octanol–water partition coefficient (Wildman–Crippen LogP) is 9.86. The van der Waals surface area contributed by atoms with Gasteiger partial charge in [-0.1, -0.05) is 26.8 Å². The van der Waals surface area contributed by atoms with Gasteiger partial charge in [0.2, 0.25) is 24.5 Å². The van der Waals surface area contributed by atoms with Gasteiger partial charge in [-0.05, 0) is 120 Å². The second kappa shape index (κ2) is 24.2. The molecule has 4 aliphatic rings. The van der Waals surface area contributed by atoms with E-state index in [1.807, 2.05) is 45.0 Å². The summed E-state index contributed by atoms with van der Waals surface area (Å²) >= 11 is 1.73. The molecular weight excluding hydrogens is 966 g/mol. The number of aromatic nitrogens is 5. The fourth-order valence-corrected chi connectivity index (χ4v) is 11.2. The van der Waals surface area contributed by atoms with Gasteiger partial charge >= 0.3 is 6.09 Å². The van der Waals surface area contributed by atoms with Crippen LogP contribution in [0.3, 0.4) is 0 Å². The first-order valence-corrected chi connectivity index (χ1v) is 26.6. The first-order chi connectivity index (χ1) is 35.7. The van der Waals surface area contributed by atoms with Crippen LogP contribution in [0, 0.1) is 11.7 Å². The van der Waals surface area contributed by atoms with Crippen LogP contribution in [-0.4, -0.2) is 118 Å². The number of rotatable bonds is 15. The lowest BCUT2D eigenvalue weighted by Gasteiger charge is -2.30. The Labute approximate surface area is 435 Å².